The number of ether oxygens (including phenoxy) is 1. The normalized spacial score (nSPS) is 16.1. The van der Waals surface area contributed by atoms with E-state index in [0.717, 1.165) is 45.4 Å². The fourth-order valence-corrected chi connectivity index (χ4v) is 2.37. The highest BCUT2D eigenvalue weighted by Crippen LogP contribution is 2.13. The first-order valence-corrected chi connectivity index (χ1v) is 7.60. The maximum atomic E-state index is 12.0. The Hall–Kier alpha value is -1.42. The number of pyridine rings is 1. The number of hydrogen-bond donors (Lipinski definition) is 1. The van der Waals surface area contributed by atoms with Gasteiger partial charge in [0.1, 0.15) is 5.69 Å². The molecule has 0 unspecified atom stereocenters. The van der Waals surface area contributed by atoms with E-state index in [0.29, 0.717) is 11.6 Å². The molecular weight excluding hydrogens is 252 g/mol. The van der Waals surface area contributed by atoms with Gasteiger partial charge in [0.2, 0.25) is 0 Å². The lowest BCUT2D eigenvalue weighted by molar-refractivity contribution is 0.0642. The molecule has 1 aliphatic rings. The van der Waals surface area contributed by atoms with Crippen LogP contribution in [0.5, 0.6) is 0 Å². The maximum absolute atomic E-state index is 12.0. The smallest absolute Gasteiger partial charge is 0.269 e. The lowest BCUT2D eigenvalue weighted by atomic mass is 10.0. The van der Waals surface area contributed by atoms with E-state index in [1.807, 2.05) is 18.3 Å². The highest BCUT2D eigenvalue weighted by atomic mass is 16.5. The van der Waals surface area contributed by atoms with Crippen molar-refractivity contribution in [2.24, 2.45) is 5.92 Å². The van der Waals surface area contributed by atoms with Gasteiger partial charge in [-0.15, -0.1) is 0 Å². The molecule has 1 aromatic rings. The first kappa shape index (κ1) is 15.0. The average molecular weight is 276 g/mol. The van der Waals surface area contributed by atoms with Crippen LogP contribution in [0.4, 0.5) is 0 Å². The van der Waals surface area contributed by atoms with Gasteiger partial charge in [0.25, 0.3) is 5.91 Å². The number of aryl methyl sites for hydroxylation is 1. The summed E-state index contributed by atoms with van der Waals surface area (Å²) in [5.74, 6) is 0.468. The van der Waals surface area contributed by atoms with Crippen molar-refractivity contribution >= 4 is 5.91 Å². The molecule has 2 heterocycles. The van der Waals surface area contributed by atoms with Gasteiger partial charge in [0.05, 0.1) is 0 Å². The van der Waals surface area contributed by atoms with Gasteiger partial charge in [-0.3, -0.25) is 9.78 Å². The molecule has 1 aromatic heterocycles. The largest absolute Gasteiger partial charge is 0.381 e. The van der Waals surface area contributed by atoms with Crippen LogP contribution in [0, 0.1) is 5.92 Å². The summed E-state index contributed by atoms with van der Waals surface area (Å²) in [6.45, 7) is 4.52. The molecule has 0 radical (unpaired) electrons. The Morgan fingerprint density at radius 1 is 1.40 bits per heavy atom. The molecule has 20 heavy (non-hydrogen) atoms. The second kappa shape index (κ2) is 8.00. The predicted octanol–water partition coefficient (Wildman–Crippen LogP) is 2.58. The molecule has 110 valence electrons. The Morgan fingerprint density at radius 2 is 2.20 bits per heavy atom. The van der Waals surface area contributed by atoms with Gasteiger partial charge in [0.15, 0.2) is 0 Å². The Morgan fingerprint density at radius 3 is 2.85 bits per heavy atom. The minimum atomic E-state index is -0.0708. The SMILES string of the molecule is CCCCc1ccc(C(=O)NCC2CCOCC2)nc1. The second-order valence-electron chi connectivity index (χ2n) is 5.42. The number of rotatable bonds is 6. The summed E-state index contributed by atoms with van der Waals surface area (Å²) in [5.41, 5.74) is 1.71. The van der Waals surface area contributed by atoms with Crippen LogP contribution < -0.4 is 5.32 Å². The number of amides is 1. The van der Waals surface area contributed by atoms with E-state index in [4.69, 9.17) is 4.74 Å². The molecule has 0 bridgehead atoms. The van der Waals surface area contributed by atoms with Gasteiger partial charge in [0, 0.05) is 26.0 Å². The van der Waals surface area contributed by atoms with Crippen LogP contribution >= 0.6 is 0 Å². The second-order valence-corrected chi connectivity index (χ2v) is 5.42. The Balaban J connectivity index is 1.79. The summed E-state index contributed by atoms with van der Waals surface area (Å²) in [4.78, 5) is 16.3. The van der Waals surface area contributed by atoms with Gasteiger partial charge in [-0.2, -0.15) is 0 Å². The topological polar surface area (TPSA) is 51.2 Å². The van der Waals surface area contributed by atoms with Crippen LogP contribution in [0.25, 0.3) is 0 Å². The molecule has 0 atom stereocenters. The van der Waals surface area contributed by atoms with Gasteiger partial charge in [-0.05, 0) is 43.2 Å². The molecule has 1 saturated heterocycles. The van der Waals surface area contributed by atoms with Crippen molar-refractivity contribution in [3.05, 3.63) is 29.6 Å². The van der Waals surface area contributed by atoms with Crippen LogP contribution in [0.15, 0.2) is 18.3 Å². The van der Waals surface area contributed by atoms with Gasteiger partial charge in [-0.25, -0.2) is 0 Å². The van der Waals surface area contributed by atoms with E-state index < -0.39 is 0 Å². The molecule has 0 aromatic carbocycles. The van der Waals surface area contributed by atoms with Gasteiger partial charge < -0.3 is 10.1 Å². The molecule has 0 aliphatic carbocycles. The van der Waals surface area contributed by atoms with Crippen molar-refractivity contribution in [2.75, 3.05) is 19.8 Å². The summed E-state index contributed by atoms with van der Waals surface area (Å²) in [6, 6.07) is 3.83. The monoisotopic (exact) mass is 276 g/mol. The number of nitrogens with one attached hydrogen (secondary N) is 1. The van der Waals surface area contributed by atoms with Crippen molar-refractivity contribution in [2.45, 2.75) is 39.0 Å². The Labute approximate surface area is 120 Å². The van der Waals surface area contributed by atoms with E-state index in [9.17, 15) is 4.79 Å². The molecule has 1 aliphatic heterocycles. The zero-order chi connectivity index (χ0) is 14.2. The van der Waals surface area contributed by atoms with Crippen LogP contribution in [0.3, 0.4) is 0 Å². The van der Waals surface area contributed by atoms with Crippen LogP contribution in [-0.2, 0) is 11.2 Å². The van der Waals surface area contributed by atoms with Crippen molar-refractivity contribution < 1.29 is 9.53 Å². The molecule has 0 spiro atoms. The zero-order valence-corrected chi connectivity index (χ0v) is 12.2. The van der Waals surface area contributed by atoms with Crippen LogP contribution in [-0.4, -0.2) is 30.6 Å². The molecule has 4 heteroatoms. The van der Waals surface area contributed by atoms with Crippen LogP contribution in [0.1, 0.15) is 48.7 Å². The van der Waals surface area contributed by atoms with E-state index in [-0.39, 0.29) is 5.91 Å². The van der Waals surface area contributed by atoms with Crippen molar-refractivity contribution in [3.63, 3.8) is 0 Å². The predicted molar refractivity (Wildman–Crippen MR) is 78.7 cm³/mol. The number of carbonyl (C=O) groups excluding carboxylic acids is 1. The highest BCUT2D eigenvalue weighted by Gasteiger charge is 2.15. The van der Waals surface area contributed by atoms with E-state index in [2.05, 4.69) is 17.2 Å². The minimum Gasteiger partial charge on any atom is -0.381 e. The molecule has 1 fully saturated rings. The van der Waals surface area contributed by atoms with E-state index in [1.165, 1.54) is 12.0 Å². The number of hydrogen-bond acceptors (Lipinski definition) is 3. The molecule has 0 saturated carbocycles. The number of aromatic nitrogens is 1. The first-order chi connectivity index (χ1) is 9.79. The number of carbonyl (C=O) groups is 1. The van der Waals surface area contributed by atoms with E-state index >= 15 is 0 Å². The average Bonchev–Trinajstić information content (AvgIpc) is 2.52. The summed E-state index contributed by atoms with van der Waals surface area (Å²) < 4.78 is 5.31. The Kier molecular flexibility index (Phi) is 5.99. The Bertz CT molecular complexity index is 411. The fraction of sp³-hybridized carbons (Fsp3) is 0.625. The third-order valence-corrected chi connectivity index (χ3v) is 3.77. The fourth-order valence-electron chi connectivity index (χ4n) is 2.37. The minimum absolute atomic E-state index is 0.0708. The first-order valence-electron chi connectivity index (χ1n) is 7.60. The summed E-state index contributed by atoms with van der Waals surface area (Å²) in [7, 11) is 0. The summed E-state index contributed by atoms with van der Waals surface area (Å²) in [5, 5.41) is 2.97. The summed E-state index contributed by atoms with van der Waals surface area (Å²) in [6.07, 6.45) is 7.25. The lowest BCUT2D eigenvalue weighted by Crippen LogP contribution is -2.32. The van der Waals surface area contributed by atoms with Crippen molar-refractivity contribution in [3.8, 4) is 0 Å². The quantitative estimate of drug-likeness (QED) is 0.869. The third kappa shape index (κ3) is 4.60. The molecular formula is C16H24N2O2. The van der Waals surface area contributed by atoms with Crippen molar-refractivity contribution in [1.82, 2.24) is 10.3 Å². The number of unbranched alkanes of at least 4 members (excludes halogenated alkanes) is 1. The van der Waals surface area contributed by atoms with E-state index in [1.54, 1.807) is 0 Å². The molecule has 2 rings (SSSR count). The molecule has 4 nitrogen and oxygen atoms in total. The zero-order valence-electron chi connectivity index (χ0n) is 12.2. The highest BCUT2D eigenvalue weighted by molar-refractivity contribution is 5.92. The maximum Gasteiger partial charge on any atom is 0.269 e. The standard InChI is InChI=1S/C16H24N2O2/c1-2-3-4-13-5-6-15(17-11-13)16(19)18-12-14-7-9-20-10-8-14/h5-6,11,14H,2-4,7-10,12H2,1H3,(H,18,19). The van der Waals surface area contributed by atoms with Gasteiger partial charge >= 0.3 is 0 Å². The lowest BCUT2D eigenvalue weighted by Gasteiger charge is -2.22. The van der Waals surface area contributed by atoms with Crippen LogP contribution in [0.2, 0.25) is 0 Å². The molecule has 1 N–H and O–H groups in total. The van der Waals surface area contributed by atoms with Crippen molar-refractivity contribution in [1.29, 1.82) is 0 Å². The van der Waals surface area contributed by atoms with Gasteiger partial charge in [-0.1, -0.05) is 19.4 Å². The third-order valence-electron chi connectivity index (χ3n) is 3.77. The molecule has 1 amide bonds. The number of nitrogens with zero attached hydrogens (tertiary/aromatic N) is 1. The summed E-state index contributed by atoms with van der Waals surface area (Å²) >= 11 is 0.